The van der Waals surface area contributed by atoms with Crippen LogP contribution in [0, 0.1) is 17.0 Å². The fraction of sp³-hybridized carbons (Fsp3) is 0.500. The number of aryl methyl sites for hydroxylation is 1. The van der Waals surface area contributed by atoms with E-state index < -0.39 is 10.8 Å². The summed E-state index contributed by atoms with van der Waals surface area (Å²) in [7, 11) is 1.55. The van der Waals surface area contributed by atoms with Gasteiger partial charge >= 0.3 is 5.69 Å². The number of hydrogen-bond donors (Lipinski definition) is 2. The normalized spacial score (nSPS) is 10.2. The highest BCUT2D eigenvalue weighted by molar-refractivity contribution is 7.80. The van der Waals surface area contributed by atoms with Crippen molar-refractivity contribution >= 4 is 24.2 Å². The van der Waals surface area contributed by atoms with E-state index in [1.54, 1.807) is 14.0 Å². The molecule has 0 atom stereocenters. The Morgan fingerprint density at radius 2 is 2.31 bits per heavy atom. The second kappa shape index (κ2) is 4.97. The van der Waals surface area contributed by atoms with Crippen LogP contribution in [-0.2, 0) is 7.05 Å². The molecule has 1 N–H and O–H groups in total. The molecule has 0 bridgehead atoms. The van der Waals surface area contributed by atoms with Gasteiger partial charge in [0.1, 0.15) is 5.69 Å². The topological polar surface area (TPSA) is 90.1 Å². The Balaban J connectivity index is 3.08. The molecular formula is C8H12N4O3S. The van der Waals surface area contributed by atoms with Crippen molar-refractivity contribution in [3.63, 3.8) is 0 Å². The predicted molar refractivity (Wildman–Crippen MR) is 60.8 cm³/mol. The summed E-state index contributed by atoms with van der Waals surface area (Å²) in [6.45, 7) is 1.88. The lowest BCUT2D eigenvalue weighted by atomic mass is 10.3. The quantitative estimate of drug-likeness (QED) is 0.452. The molecule has 0 unspecified atom stereocenters. The van der Waals surface area contributed by atoms with Gasteiger partial charge in [-0.05, 0) is 6.92 Å². The molecule has 0 aliphatic rings. The molecular weight excluding hydrogens is 232 g/mol. The van der Waals surface area contributed by atoms with Crippen LogP contribution in [-0.4, -0.2) is 32.9 Å². The Hall–Kier alpha value is -1.57. The Bertz CT molecular complexity index is 429. The van der Waals surface area contributed by atoms with Gasteiger partial charge < -0.3 is 5.32 Å². The second-order valence-electron chi connectivity index (χ2n) is 3.14. The van der Waals surface area contributed by atoms with Crippen LogP contribution in [0.3, 0.4) is 0 Å². The first-order valence-electron chi connectivity index (χ1n) is 4.56. The molecule has 0 saturated carbocycles. The Morgan fingerprint density at radius 1 is 1.69 bits per heavy atom. The zero-order valence-electron chi connectivity index (χ0n) is 8.93. The van der Waals surface area contributed by atoms with Crippen molar-refractivity contribution in [2.45, 2.75) is 6.92 Å². The maximum Gasteiger partial charge on any atom is 0.322 e. The van der Waals surface area contributed by atoms with Crippen molar-refractivity contribution < 1.29 is 9.72 Å². The second-order valence-corrected chi connectivity index (χ2v) is 3.59. The van der Waals surface area contributed by atoms with Gasteiger partial charge in [0.05, 0.1) is 4.92 Å². The standard InChI is InChI=1S/C8H12N4O3S/c1-5-7(12(14)15)6(10-11(5)2)8(13)9-3-4-16/h16H,3-4H2,1-2H3,(H,9,13). The third-order valence-corrected chi connectivity index (χ3v) is 2.32. The van der Waals surface area contributed by atoms with E-state index in [1.165, 1.54) is 4.68 Å². The van der Waals surface area contributed by atoms with E-state index in [4.69, 9.17) is 0 Å². The molecule has 16 heavy (non-hydrogen) atoms. The average molecular weight is 244 g/mol. The van der Waals surface area contributed by atoms with Crippen molar-refractivity contribution in [3.05, 3.63) is 21.5 Å². The summed E-state index contributed by atoms with van der Waals surface area (Å²) in [6.07, 6.45) is 0. The van der Waals surface area contributed by atoms with Gasteiger partial charge in [0.25, 0.3) is 5.91 Å². The molecule has 8 heteroatoms. The van der Waals surface area contributed by atoms with E-state index in [9.17, 15) is 14.9 Å². The van der Waals surface area contributed by atoms with E-state index in [2.05, 4.69) is 23.0 Å². The van der Waals surface area contributed by atoms with Crippen LogP contribution in [0.15, 0.2) is 0 Å². The number of nitro groups is 1. The number of carbonyl (C=O) groups excluding carboxylic acids is 1. The lowest BCUT2D eigenvalue weighted by Gasteiger charge is -1.98. The minimum atomic E-state index is -0.599. The number of hydrogen-bond acceptors (Lipinski definition) is 5. The van der Waals surface area contributed by atoms with Crippen molar-refractivity contribution in [2.75, 3.05) is 12.3 Å². The van der Waals surface area contributed by atoms with E-state index in [0.29, 0.717) is 18.0 Å². The largest absolute Gasteiger partial charge is 0.350 e. The first-order valence-corrected chi connectivity index (χ1v) is 5.19. The minimum absolute atomic E-state index is 0.160. The maximum absolute atomic E-state index is 11.6. The smallest absolute Gasteiger partial charge is 0.322 e. The monoisotopic (exact) mass is 244 g/mol. The third kappa shape index (κ3) is 2.32. The minimum Gasteiger partial charge on any atom is -0.350 e. The van der Waals surface area contributed by atoms with Crippen LogP contribution in [0.1, 0.15) is 16.2 Å². The molecule has 0 aromatic carbocycles. The van der Waals surface area contributed by atoms with Gasteiger partial charge in [-0.25, -0.2) is 0 Å². The molecule has 1 rings (SSSR count). The molecule has 0 aliphatic carbocycles. The summed E-state index contributed by atoms with van der Waals surface area (Å²) in [5.41, 5.74) is -0.0630. The van der Waals surface area contributed by atoms with Gasteiger partial charge in [0.2, 0.25) is 5.69 Å². The Labute approximate surface area is 97.4 Å². The van der Waals surface area contributed by atoms with Crippen LogP contribution in [0.25, 0.3) is 0 Å². The summed E-state index contributed by atoms with van der Waals surface area (Å²) in [5.74, 6) is -0.0878. The lowest BCUT2D eigenvalue weighted by molar-refractivity contribution is -0.385. The number of rotatable bonds is 4. The molecule has 1 amide bonds. The highest BCUT2D eigenvalue weighted by Crippen LogP contribution is 2.21. The van der Waals surface area contributed by atoms with Gasteiger partial charge in [-0.1, -0.05) is 0 Å². The van der Waals surface area contributed by atoms with E-state index >= 15 is 0 Å². The SMILES string of the molecule is Cc1c([N+](=O)[O-])c(C(=O)NCCS)nn1C. The molecule has 0 aliphatic heterocycles. The molecule has 88 valence electrons. The molecule has 1 aromatic rings. The molecule has 0 saturated heterocycles. The molecule has 0 radical (unpaired) electrons. The van der Waals surface area contributed by atoms with Crippen LogP contribution >= 0.6 is 12.6 Å². The number of carbonyl (C=O) groups is 1. The fourth-order valence-corrected chi connectivity index (χ4v) is 1.33. The molecule has 0 spiro atoms. The van der Waals surface area contributed by atoms with Crippen LogP contribution in [0.2, 0.25) is 0 Å². The number of nitrogens with zero attached hydrogens (tertiary/aromatic N) is 3. The van der Waals surface area contributed by atoms with Gasteiger partial charge in [-0.3, -0.25) is 19.6 Å². The highest BCUT2D eigenvalue weighted by atomic mass is 32.1. The first kappa shape index (κ1) is 12.5. The summed E-state index contributed by atoms with van der Waals surface area (Å²) in [4.78, 5) is 21.8. The summed E-state index contributed by atoms with van der Waals surface area (Å²) >= 11 is 3.93. The maximum atomic E-state index is 11.6. The molecule has 0 fully saturated rings. The third-order valence-electron chi connectivity index (χ3n) is 2.10. The van der Waals surface area contributed by atoms with E-state index in [1.807, 2.05) is 0 Å². The van der Waals surface area contributed by atoms with Crippen molar-refractivity contribution in [3.8, 4) is 0 Å². The fourth-order valence-electron chi connectivity index (χ4n) is 1.22. The number of aromatic nitrogens is 2. The number of amides is 1. The van der Waals surface area contributed by atoms with Gasteiger partial charge in [0.15, 0.2) is 0 Å². The van der Waals surface area contributed by atoms with Crippen LogP contribution < -0.4 is 5.32 Å². The number of nitrogens with one attached hydrogen (secondary N) is 1. The van der Waals surface area contributed by atoms with Gasteiger partial charge in [-0.2, -0.15) is 17.7 Å². The summed E-state index contributed by atoms with van der Waals surface area (Å²) in [5, 5.41) is 17.1. The Kier molecular flexibility index (Phi) is 3.88. The van der Waals surface area contributed by atoms with Gasteiger partial charge in [0, 0.05) is 19.3 Å². The van der Waals surface area contributed by atoms with Crippen molar-refractivity contribution in [1.82, 2.24) is 15.1 Å². The first-order chi connectivity index (χ1) is 7.49. The van der Waals surface area contributed by atoms with Crippen LogP contribution in [0.5, 0.6) is 0 Å². The zero-order valence-corrected chi connectivity index (χ0v) is 9.82. The predicted octanol–water partition coefficient (Wildman–Crippen LogP) is 0.296. The van der Waals surface area contributed by atoms with Crippen molar-refractivity contribution in [2.24, 2.45) is 7.05 Å². The van der Waals surface area contributed by atoms with Crippen molar-refractivity contribution in [1.29, 1.82) is 0 Å². The van der Waals surface area contributed by atoms with E-state index in [0.717, 1.165) is 0 Å². The molecule has 7 nitrogen and oxygen atoms in total. The molecule has 1 aromatic heterocycles. The Morgan fingerprint density at radius 3 is 2.81 bits per heavy atom. The average Bonchev–Trinajstić information content (AvgIpc) is 2.52. The highest BCUT2D eigenvalue weighted by Gasteiger charge is 2.28. The van der Waals surface area contributed by atoms with E-state index in [-0.39, 0.29) is 11.4 Å². The number of thiol groups is 1. The van der Waals surface area contributed by atoms with Crippen LogP contribution in [0.4, 0.5) is 5.69 Å². The van der Waals surface area contributed by atoms with Gasteiger partial charge in [-0.15, -0.1) is 0 Å². The zero-order chi connectivity index (χ0) is 12.3. The summed E-state index contributed by atoms with van der Waals surface area (Å²) in [6, 6.07) is 0. The lowest BCUT2D eigenvalue weighted by Crippen LogP contribution is -2.26. The molecule has 1 heterocycles. The summed E-state index contributed by atoms with van der Waals surface area (Å²) < 4.78 is 1.31.